The van der Waals surface area contributed by atoms with Crippen molar-refractivity contribution in [2.24, 2.45) is 0 Å². The molecule has 3 amide bonds. The van der Waals surface area contributed by atoms with E-state index >= 15 is 0 Å². The van der Waals surface area contributed by atoms with Gasteiger partial charge in [0.2, 0.25) is 0 Å². The van der Waals surface area contributed by atoms with Gasteiger partial charge in [-0.2, -0.15) is 0 Å². The van der Waals surface area contributed by atoms with Crippen molar-refractivity contribution in [1.29, 1.82) is 0 Å². The number of carbonyl (C=O) groups excluding carboxylic acids is 3. The van der Waals surface area contributed by atoms with Crippen LogP contribution in [-0.4, -0.2) is 73.0 Å². The molecule has 0 aromatic rings. The Bertz CT molecular complexity index is 279. The van der Waals surface area contributed by atoms with Gasteiger partial charge >= 0.3 is 0 Å². The molecule has 0 heterocycles. The first-order valence-electron chi connectivity index (χ1n) is 5.18. The SMILES string of the molecule is C[N-]N(C)C(=O)[S-].C[N-]N(C)C(=O)[S-].C[N-]N(C)C(=O)[S-].[Co]. The first-order valence-corrected chi connectivity index (χ1v) is 6.40. The fourth-order valence-electron chi connectivity index (χ4n) is 0.245. The van der Waals surface area contributed by atoms with Crippen LogP contribution in [0.5, 0.6) is 0 Å². The summed E-state index contributed by atoms with van der Waals surface area (Å²) in [6, 6.07) is 0. The number of nitrogens with zero attached hydrogens (tertiary/aromatic N) is 6. The minimum absolute atomic E-state index is 0. The van der Waals surface area contributed by atoms with E-state index in [2.05, 4.69) is 54.2 Å². The van der Waals surface area contributed by atoms with E-state index in [1.807, 2.05) is 0 Å². The Morgan fingerprint density at radius 3 is 0.773 bits per heavy atom. The standard InChI is InChI=1S/3C3H7N2OS.Co/c3*1-4-5(2)3(6)7;/h3*1-2H3,(H,6,7);/q3*-1;/p-3. The van der Waals surface area contributed by atoms with Crippen molar-refractivity contribution in [3.63, 3.8) is 0 Å². The Labute approximate surface area is 158 Å². The van der Waals surface area contributed by atoms with E-state index in [0.717, 1.165) is 15.0 Å². The third kappa shape index (κ3) is 21.7. The molecule has 0 bridgehead atoms. The molecule has 0 saturated carbocycles. The summed E-state index contributed by atoms with van der Waals surface area (Å²) in [4.78, 5) is 30.1. The van der Waals surface area contributed by atoms with Gasteiger partial charge in [0.25, 0.3) is 0 Å². The van der Waals surface area contributed by atoms with E-state index in [9.17, 15) is 14.4 Å². The van der Waals surface area contributed by atoms with Gasteiger partial charge in [-0.3, -0.25) is 0 Å². The van der Waals surface area contributed by atoms with Crippen LogP contribution >= 0.6 is 0 Å². The second-order valence-corrected chi connectivity index (χ2v) is 4.02. The fraction of sp³-hybridized carbons (Fsp3) is 0.667. The minimum atomic E-state index is -0.456. The van der Waals surface area contributed by atoms with E-state index in [4.69, 9.17) is 0 Å². The van der Waals surface area contributed by atoms with Gasteiger partial charge in [0.15, 0.2) is 0 Å². The maximum absolute atomic E-state index is 10.0. The molecule has 0 spiro atoms. The van der Waals surface area contributed by atoms with Gasteiger partial charge < -0.3 is 83.6 Å². The van der Waals surface area contributed by atoms with E-state index < -0.39 is 15.7 Å². The first kappa shape index (κ1) is 29.5. The number of amides is 3. The van der Waals surface area contributed by atoms with Gasteiger partial charge in [0.1, 0.15) is 0 Å². The average Bonchev–Trinajstić information content (AvgIpc) is 2.45. The van der Waals surface area contributed by atoms with Gasteiger partial charge in [-0.15, -0.1) is 21.1 Å². The molecule has 0 aromatic carbocycles. The van der Waals surface area contributed by atoms with Crippen molar-refractivity contribution in [2.75, 3.05) is 42.3 Å². The summed E-state index contributed by atoms with van der Waals surface area (Å²) in [5, 5.41) is 1.91. The van der Waals surface area contributed by atoms with Crippen molar-refractivity contribution in [2.45, 2.75) is 0 Å². The molecule has 0 rings (SSSR count). The van der Waals surface area contributed by atoms with Gasteiger partial charge in [-0.05, 0) is 21.1 Å². The zero-order valence-electron chi connectivity index (χ0n) is 13.0. The van der Waals surface area contributed by atoms with Crippen molar-refractivity contribution in [3.8, 4) is 0 Å². The van der Waals surface area contributed by atoms with Gasteiger partial charge in [0, 0.05) is 16.8 Å². The smallest absolute Gasteiger partial charge is 0.0833 e. The molecule has 0 aliphatic rings. The van der Waals surface area contributed by atoms with Crippen LogP contribution in [0.4, 0.5) is 14.4 Å². The van der Waals surface area contributed by atoms with Gasteiger partial charge in [0.05, 0.1) is 15.7 Å². The number of hydrogen-bond donors (Lipinski definition) is 0. The maximum Gasteiger partial charge on any atom is 0.0833 e. The normalized spacial score (nSPS) is 7.91. The molecule has 22 heavy (non-hydrogen) atoms. The molecule has 0 atom stereocenters. The average molecular weight is 413 g/mol. The molecule has 9 nitrogen and oxygen atoms in total. The molecule has 135 valence electrons. The van der Waals surface area contributed by atoms with E-state index in [-0.39, 0.29) is 16.8 Å². The number of rotatable bonds is 3. The minimum Gasteiger partial charge on any atom is -0.720 e. The topological polar surface area (TPSA) is 103 Å². The predicted molar refractivity (Wildman–Crippen MR) is 89.4 cm³/mol. The Kier molecular flexibility index (Phi) is 24.8. The van der Waals surface area contributed by atoms with Crippen molar-refractivity contribution in [3.05, 3.63) is 16.3 Å². The van der Waals surface area contributed by atoms with Crippen LogP contribution in [0.25, 0.3) is 16.3 Å². The summed E-state index contributed by atoms with van der Waals surface area (Å²) >= 11 is 12.6. The summed E-state index contributed by atoms with van der Waals surface area (Å²) < 4.78 is 0. The number of carbonyl (C=O) groups is 3. The monoisotopic (exact) mass is 413 g/mol. The molecule has 0 fully saturated rings. The summed E-state index contributed by atoms with van der Waals surface area (Å²) in [5.74, 6) is 0. The molecule has 0 N–H and O–H groups in total. The third-order valence-corrected chi connectivity index (χ3v) is 2.49. The Hall–Kier alpha value is -0.544. The van der Waals surface area contributed by atoms with E-state index in [0.29, 0.717) is 0 Å². The van der Waals surface area contributed by atoms with Crippen LogP contribution in [0.2, 0.25) is 0 Å². The second-order valence-electron chi connectivity index (χ2n) is 2.97. The summed E-state index contributed by atoms with van der Waals surface area (Å²) in [5.41, 5.74) is 10.4. The van der Waals surface area contributed by atoms with Crippen molar-refractivity contribution in [1.82, 2.24) is 15.0 Å². The number of hydrogen-bond acceptors (Lipinski definition) is 6. The van der Waals surface area contributed by atoms with Gasteiger partial charge in [-0.25, -0.2) is 0 Å². The van der Waals surface area contributed by atoms with Crippen LogP contribution in [-0.2, 0) is 54.7 Å². The molecule has 1 radical (unpaired) electrons. The predicted octanol–water partition coefficient (Wildman–Crippen LogP) is 1.51. The Balaban J connectivity index is -0.000000108. The van der Waals surface area contributed by atoms with E-state index in [1.54, 1.807) is 0 Å². The molecule has 13 heteroatoms. The molecule has 0 aromatic heterocycles. The van der Waals surface area contributed by atoms with Crippen molar-refractivity contribution >= 4 is 53.6 Å². The van der Waals surface area contributed by atoms with Crippen molar-refractivity contribution < 1.29 is 31.2 Å². The molecule has 0 saturated heterocycles. The molecule has 0 aliphatic carbocycles. The second kappa shape index (κ2) is 18.5. The zero-order chi connectivity index (χ0) is 17.6. The summed E-state index contributed by atoms with van der Waals surface area (Å²) in [6.45, 7) is 0. The molecular formula is C9H18CoN6O3S3-6. The first-order chi connectivity index (χ1) is 9.54. The summed E-state index contributed by atoms with van der Waals surface area (Å²) in [7, 11) is 9.04. The molecular weight excluding hydrogens is 395 g/mol. The van der Waals surface area contributed by atoms with Crippen LogP contribution in [0.15, 0.2) is 0 Å². The molecule has 0 aliphatic heterocycles. The van der Waals surface area contributed by atoms with Crippen LogP contribution in [0.1, 0.15) is 0 Å². The Morgan fingerprint density at radius 2 is 0.773 bits per heavy atom. The largest absolute Gasteiger partial charge is 0.720 e. The van der Waals surface area contributed by atoms with E-state index in [1.165, 1.54) is 42.3 Å². The third-order valence-electron chi connectivity index (χ3n) is 1.69. The Morgan fingerprint density at radius 1 is 0.636 bits per heavy atom. The fourth-order valence-corrected chi connectivity index (χ4v) is 0.490. The molecule has 0 unspecified atom stereocenters. The van der Waals surface area contributed by atoms with Gasteiger partial charge in [-0.1, -0.05) is 0 Å². The maximum atomic E-state index is 10.0. The quantitative estimate of drug-likeness (QED) is 0.513. The van der Waals surface area contributed by atoms with Crippen LogP contribution < -0.4 is 0 Å². The van der Waals surface area contributed by atoms with Crippen LogP contribution in [0.3, 0.4) is 0 Å². The zero-order valence-corrected chi connectivity index (χ0v) is 16.5. The summed E-state index contributed by atoms with van der Waals surface area (Å²) in [6.07, 6.45) is 0. The van der Waals surface area contributed by atoms with Crippen LogP contribution in [0, 0.1) is 0 Å².